The lowest BCUT2D eigenvalue weighted by atomic mass is 10.3. The molecule has 2 rings (SSSR count). The van der Waals surface area contributed by atoms with Gasteiger partial charge in [-0.15, -0.1) is 0 Å². The van der Waals surface area contributed by atoms with Crippen molar-refractivity contribution in [2.75, 3.05) is 17.2 Å². The molecule has 0 aliphatic rings. The first-order valence-corrected chi connectivity index (χ1v) is 7.29. The van der Waals surface area contributed by atoms with Crippen molar-refractivity contribution in [1.82, 2.24) is 4.98 Å². The van der Waals surface area contributed by atoms with Gasteiger partial charge in [-0.2, -0.15) is 0 Å². The second kappa shape index (κ2) is 6.53. The summed E-state index contributed by atoms with van der Waals surface area (Å²) < 4.78 is 28.2. The number of hydrogen-bond donors (Lipinski definition) is 2. The molecule has 0 atom stereocenters. The van der Waals surface area contributed by atoms with Crippen molar-refractivity contribution in [3.8, 4) is 0 Å². The van der Waals surface area contributed by atoms with E-state index in [9.17, 15) is 8.78 Å². The highest BCUT2D eigenvalue weighted by Crippen LogP contribution is 2.28. The van der Waals surface area contributed by atoms with Gasteiger partial charge >= 0.3 is 0 Å². The zero-order chi connectivity index (χ0) is 14.7. The van der Waals surface area contributed by atoms with Gasteiger partial charge < -0.3 is 10.6 Å². The zero-order valence-electron chi connectivity index (χ0n) is 10.5. The number of nitrogens with one attached hydrogen (secondary N) is 2. The van der Waals surface area contributed by atoms with E-state index in [2.05, 4.69) is 38.2 Å². The highest BCUT2D eigenvalue weighted by Gasteiger charge is 2.12. The normalized spacial score (nSPS) is 10.4. The maximum Gasteiger partial charge on any atom is 0.169 e. The molecule has 1 heterocycles. The van der Waals surface area contributed by atoms with Crippen molar-refractivity contribution in [3.05, 3.63) is 44.5 Å². The number of hydrogen-bond acceptors (Lipinski definition) is 3. The number of nitrogens with zero attached hydrogens (tertiary/aromatic N) is 1. The van der Waals surface area contributed by atoms with E-state index in [1.54, 1.807) is 19.1 Å². The Morgan fingerprint density at radius 2 is 1.90 bits per heavy atom. The fraction of sp³-hybridized carbons (Fsp3) is 0.154. The second-order valence-corrected chi connectivity index (χ2v) is 5.58. The summed E-state index contributed by atoms with van der Waals surface area (Å²) in [6.07, 6.45) is 0. The summed E-state index contributed by atoms with van der Waals surface area (Å²) in [5.41, 5.74) is 0.507. The van der Waals surface area contributed by atoms with E-state index in [-0.39, 0.29) is 11.6 Å². The smallest absolute Gasteiger partial charge is 0.169 e. The van der Waals surface area contributed by atoms with Gasteiger partial charge in [0.05, 0.1) is 10.7 Å². The molecule has 1 aromatic heterocycles. The quantitative estimate of drug-likeness (QED) is 0.713. The van der Waals surface area contributed by atoms with Crippen LogP contribution in [0.3, 0.4) is 0 Å². The van der Waals surface area contributed by atoms with Gasteiger partial charge in [0.25, 0.3) is 0 Å². The Bertz CT molecular complexity index is 637. The molecular formula is C13H11ClF2IN3. The lowest BCUT2D eigenvalue weighted by Crippen LogP contribution is -2.06. The lowest BCUT2D eigenvalue weighted by Gasteiger charge is -2.11. The molecule has 0 amide bonds. The minimum absolute atomic E-state index is 0.00182. The maximum atomic E-state index is 13.7. The van der Waals surface area contributed by atoms with Crippen LogP contribution in [0.15, 0.2) is 24.3 Å². The van der Waals surface area contributed by atoms with E-state index in [0.717, 1.165) is 9.64 Å². The summed E-state index contributed by atoms with van der Waals surface area (Å²) in [6, 6.07) is 6.05. The van der Waals surface area contributed by atoms with Gasteiger partial charge in [-0.05, 0) is 47.7 Å². The molecule has 0 radical (unpaired) electrons. The minimum Gasteiger partial charge on any atom is -0.368 e. The molecule has 7 heteroatoms. The number of rotatable bonds is 4. The molecular weight excluding hydrogens is 399 g/mol. The Kier molecular flexibility index (Phi) is 4.98. The third kappa shape index (κ3) is 3.49. The lowest BCUT2D eigenvalue weighted by molar-refractivity contribution is 0.579. The predicted molar refractivity (Wildman–Crippen MR) is 85.8 cm³/mol. The van der Waals surface area contributed by atoms with Crippen molar-refractivity contribution < 1.29 is 8.78 Å². The second-order valence-electron chi connectivity index (χ2n) is 3.93. The average Bonchev–Trinajstić information content (AvgIpc) is 2.38. The fourth-order valence-electron chi connectivity index (χ4n) is 1.56. The molecule has 0 unspecified atom stereocenters. The molecule has 0 saturated heterocycles. The van der Waals surface area contributed by atoms with E-state index >= 15 is 0 Å². The molecule has 2 aromatic rings. The average molecular weight is 410 g/mol. The monoisotopic (exact) mass is 409 g/mol. The van der Waals surface area contributed by atoms with Crippen LogP contribution >= 0.6 is 34.2 Å². The molecule has 106 valence electrons. The van der Waals surface area contributed by atoms with Crippen molar-refractivity contribution >= 4 is 51.5 Å². The van der Waals surface area contributed by atoms with Crippen molar-refractivity contribution in [3.63, 3.8) is 0 Å². The largest absolute Gasteiger partial charge is 0.368 e. The van der Waals surface area contributed by atoms with Gasteiger partial charge in [0.1, 0.15) is 0 Å². The highest BCUT2D eigenvalue weighted by molar-refractivity contribution is 14.1. The first kappa shape index (κ1) is 15.2. The molecule has 0 aliphatic carbocycles. The van der Waals surface area contributed by atoms with Crippen LogP contribution in [0.1, 0.15) is 6.92 Å². The standard InChI is InChI=1S/C13H11ClF2IN3/c1-2-18-12-9(15)6-10(16)13(20-12)19-11-4-3-7(17)5-8(11)14/h3-6H,2H2,1H3,(H2,18,19,20). The SMILES string of the molecule is CCNc1nc(Nc2ccc(I)cc2Cl)c(F)cc1F. The van der Waals surface area contributed by atoms with Crippen molar-refractivity contribution in [2.45, 2.75) is 6.92 Å². The third-order valence-electron chi connectivity index (χ3n) is 2.46. The molecule has 0 spiro atoms. The van der Waals surface area contributed by atoms with Gasteiger partial charge in [0.2, 0.25) is 0 Å². The maximum absolute atomic E-state index is 13.7. The van der Waals surface area contributed by atoms with E-state index in [1.807, 2.05) is 6.07 Å². The molecule has 0 bridgehead atoms. The Morgan fingerprint density at radius 1 is 1.20 bits per heavy atom. The Labute approximate surface area is 133 Å². The third-order valence-corrected chi connectivity index (χ3v) is 3.44. The van der Waals surface area contributed by atoms with Crippen LogP contribution in [0, 0.1) is 15.2 Å². The van der Waals surface area contributed by atoms with Crippen LogP contribution in [-0.2, 0) is 0 Å². The number of benzene rings is 1. The number of halogens is 4. The van der Waals surface area contributed by atoms with Crippen LogP contribution in [0.2, 0.25) is 5.02 Å². The Balaban J connectivity index is 2.35. The summed E-state index contributed by atoms with van der Waals surface area (Å²) in [5, 5.41) is 5.93. The van der Waals surface area contributed by atoms with Gasteiger partial charge in [-0.3, -0.25) is 0 Å². The zero-order valence-corrected chi connectivity index (χ0v) is 13.4. The van der Waals surface area contributed by atoms with Gasteiger partial charge in [0.15, 0.2) is 23.3 Å². The highest BCUT2D eigenvalue weighted by atomic mass is 127. The first-order valence-electron chi connectivity index (χ1n) is 5.83. The van der Waals surface area contributed by atoms with Gasteiger partial charge in [-0.25, -0.2) is 13.8 Å². The molecule has 0 saturated carbocycles. The van der Waals surface area contributed by atoms with Crippen LogP contribution in [-0.4, -0.2) is 11.5 Å². The molecule has 2 N–H and O–H groups in total. The number of pyridine rings is 1. The Hall–Kier alpha value is -1.15. The summed E-state index contributed by atoms with van der Waals surface area (Å²) >= 11 is 8.18. The van der Waals surface area contributed by atoms with Crippen LogP contribution in [0.4, 0.5) is 26.1 Å². The van der Waals surface area contributed by atoms with Crippen molar-refractivity contribution in [1.29, 1.82) is 0 Å². The van der Waals surface area contributed by atoms with E-state index in [1.165, 1.54) is 0 Å². The summed E-state index contributed by atoms with van der Waals surface area (Å²) in [4.78, 5) is 3.89. The van der Waals surface area contributed by atoms with Gasteiger partial charge in [-0.1, -0.05) is 11.6 Å². The topological polar surface area (TPSA) is 37.0 Å². The van der Waals surface area contributed by atoms with E-state index < -0.39 is 11.6 Å². The molecule has 0 aliphatic heterocycles. The van der Waals surface area contributed by atoms with Crippen LogP contribution in [0.25, 0.3) is 0 Å². The fourth-order valence-corrected chi connectivity index (χ4v) is 2.47. The van der Waals surface area contributed by atoms with Crippen LogP contribution in [0.5, 0.6) is 0 Å². The predicted octanol–water partition coefficient (Wildman–Crippen LogP) is 4.79. The van der Waals surface area contributed by atoms with E-state index in [0.29, 0.717) is 17.3 Å². The summed E-state index contributed by atoms with van der Waals surface area (Å²) in [7, 11) is 0. The Morgan fingerprint density at radius 3 is 2.55 bits per heavy atom. The van der Waals surface area contributed by atoms with Gasteiger partial charge in [0, 0.05) is 16.2 Å². The number of aromatic nitrogens is 1. The van der Waals surface area contributed by atoms with Crippen molar-refractivity contribution in [2.24, 2.45) is 0 Å². The summed E-state index contributed by atoms with van der Waals surface area (Å²) in [5.74, 6) is -1.59. The van der Waals surface area contributed by atoms with E-state index in [4.69, 9.17) is 11.6 Å². The first-order chi connectivity index (χ1) is 9.51. The molecule has 1 aromatic carbocycles. The minimum atomic E-state index is -0.779. The number of anilines is 3. The summed E-state index contributed by atoms with van der Waals surface area (Å²) in [6.45, 7) is 2.28. The van der Waals surface area contributed by atoms with Crippen LogP contribution < -0.4 is 10.6 Å². The molecule has 20 heavy (non-hydrogen) atoms. The molecule has 3 nitrogen and oxygen atoms in total. The molecule has 0 fully saturated rings.